The lowest BCUT2D eigenvalue weighted by Crippen LogP contribution is -2.13. The first-order valence-electron chi connectivity index (χ1n) is 6.42. The molecule has 2 rings (SSSR count). The second-order valence-electron chi connectivity index (χ2n) is 4.54. The maximum absolute atomic E-state index is 12.2. The van der Waals surface area contributed by atoms with Gasteiger partial charge in [-0.1, -0.05) is 24.3 Å². The van der Waals surface area contributed by atoms with Crippen molar-refractivity contribution in [3.63, 3.8) is 0 Å². The number of hydrogen-bond donors (Lipinski definition) is 2. The summed E-state index contributed by atoms with van der Waals surface area (Å²) in [6, 6.07) is 13.2. The highest BCUT2D eigenvalue weighted by Gasteiger charge is 2.13. The van der Waals surface area contributed by atoms with Gasteiger partial charge in [0.1, 0.15) is 0 Å². The molecule has 0 aliphatic rings. The van der Waals surface area contributed by atoms with Crippen LogP contribution in [0.2, 0.25) is 0 Å². The number of aliphatic hydroxyl groups is 1. The molecule has 0 heterocycles. The van der Waals surface area contributed by atoms with E-state index < -0.39 is 10.0 Å². The molecule has 6 heteroatoms. The van der Waals surface area contributed by atoms with Crippen LogP contribution in [0.25, 0.3) is 0 Å². The number of aliphatic hydroxyl groups excluding tert-OH is 1. The fourth-order valence-electron chi connectivity index (χ4n) is 1.84. The summed E-state index contributed by atoms with van der Waals surface area (Å²) < 4.78 is 27.0. The summed E-state index contributed by atoms with van der Waals surface area (Å²) >= 11 is 5.65. The van der Waals surface area contributed by atoms with Gasteiger partial charge in [0.2, 0.25) is 0 Å². The molecule has 0 aromatic heterocycles. The largest absolute Gasteiger partial charge is 0.392 e. The van der Waals surface area contributed by atoms with E-state index in [-0.39, 0.29) is 11.5 Å². The molecule has 0 fully saturated rings. The van der Waals surface area contributed by atoms with Gasteiger partial charge in [0, 0.05) is 11.6 Å². The summed E-state index contributed by atoms with van der Waals surface area (Å²) in [7, 11) is -3.61. The summed E-state index contributed by atoms with van der Waals surface area (Å²) in [5.74, 6) is 0.502. The molecule has 2 aromatic rings. The van der Waals surface area contributed by atoms with Crippen LogP contribution < -0.4 is 4.72 Å². The molecule has 0 aliphatic heterocycles. The molecule has 0 unspecified atom stereocenters. The fourth-order valence-corrected chi connectivity index (χ4v) is 3.11. The second-order valence-corrected chi connectivity index (χ2v) is 6.60. The van der Waals surface area contributed by atoms with Crippen LogP contribution in [0.15, 0.2) is 53.4 Å². The van der Waals surface area contributed by atoms with Crippen LogP contribution in [0.3, 0.4) is 0 Å². The van der Waals surface area contributed by atoms with Gasteiger partial charge >= 0.3 is 0 Å². The molecule has 0 amide bonds. The Balaban J connectivity index is 2.16. The smallest absolute Gasteiger partial charge is 0.261 e. The average molecular weight is 326 g/mol. The zero-order valence-electron chi connectivity index (χ0n) is 11.3. The number of sulfonamides is 1. The lowest BCUT2D eigenvalue weighted by Gasteiger charge is -2.09. The Kier molecular flexibility index (Phi) is 5.22. The number of halogens is 1. The highest BCUT2D eigenvalue weighted by Crippen LogP contribution is 2.17. The quantitative estimate of drug-likeness (QED) is 0.803. The van der Waals surface area contributed by atoms with E-state index in [1.54, 1.807) is 48.5 Å². The highest BCUT2D eigenvalue weighted by molar-refractivity contribution is 7.92. The minimum absolute atomic E-state index is 0.0743. The van der Waals surface area contributed by atoms with Gasteiger partial charge in [-0.2, -0.15) is 0 Å². The van der Waals surface area contributed by atoms with E-state index in [2.05, 4.69) is 4.72 Å². The monoisotopic (exact) mass is 325 g/mol. The van der Waals surface area contributed by atoms with E-state index in [1.165, 1.54) is 0 Å². The molecule has 0 saturated carbocycles. The van der Waals surface area contributed by atoms with Crippen LogP contribution in [-0.2, 0) is 23.1 Å². The van der Waals surface area contributed by atoms with Crippen molar-refractivity contribution in [3.8, 4) is 0 Å². The molecule has 0 bridgehead atoms. The van der Waals surface area contributed by atoms with Gasteiger partial charge in [0.05, 0.1) is 11.5 Å². The van der Waals surface area contributed by atoms with Crippen LogP contribution in [0.5, 0.6) is 0 Å². The third kappa shape index (κ3) is 4.20. The molecule has 2 aromatic carbocycles. The molecular formula is C15H16ClNO3S. The topological polar surface area (TPSA) is 66.4 Å². The predicted molar refractivity (Wildman–Crippen MR) is 84.0 cm³/mol. The van der Waals surface area contributed by atoms with Crippen molar-refractivity contribution in [1.29, 1.82) is 0 Å². The molecule has 0 spiro atoms. The van der Waals surface area contributed by atoms with Crippen molar-refractivity contribution >= 4 is 27.3 Å². The number of aryl methyl sites for hydroxylation is 1. The van der Waals surface area contributed by atoms with E-state index in [9.17, 15) is 8.42 Å². The Morgan fingerprint density at radius 3 is 2.05 bits per heavy atom. The van der Waals surface area contributed by atoms with Crippen LogP contribution in [0.1, 0.15) is 11.1 Å². The maximum Gasteiger partial charge on any atom is 0.261 e. The molecular weight excluding hydrogens is 310 g/mol. The van der Waals surface area contributed by atoms with E-state index in [1.807, 2.05) is 0 Å². The fraction of sp³-hybridized carbons (Fsp3) is 0.200. The van der Waals surface area contributed by atoms with Gasteiger partial charge < -0.3 is 5.11 Å². The third-order valence-corrected chi connectivity index (χ3v) is 4.59. The first kappa shape index (κ1) is 15.8. The van der Waals surface area contributed by atoms with Crippen molar-refractivity contribution in [2.24, 2.45) is 0 Å². The van der Waals surface area contributed by atoms with Crippen molar-refractivity contribution < 1.29 is 13.5 Å². The highest BCUT2D eigenvalue weighted by atomic mass is 35.5. The molecule has 21 heavy (non-hydrogen) atoms. The average Bonchev–Trinajstić information content (AvgIpc) is 2.48. The molecule has 0 saturated heterocycles. The molecule has 0 atom stereocenters. The van der Waals surface area contributed by atoms with E-state index >= 15 is 0 Å². The first-order chi connectivity index (χ1) is 10.0. The predicted octanol–water partition coefficient (Wildman–Crippen LogP) is 2.76. The molecule has 112 valence electrons. The summed E-state index contributed by atoms with van der Waals surface area (Å²) in [6.07, 6.45) is 0.706. The SMILES string of the molecule is O=S(=O)(Nc1ccc(CO)cc1)c1ccc(CCCl)cc1. The number of nitrogens with one attached hydrogen (secondary N) is 1. The Labute approximate surface area is 129 Å². The maximum atomic E-state index is 12.2. The summed E-state index contributed by atoms with van der Waals surface area (Å²) in [5, 5.41) is 8.96. The second kappa shape index (κ2) is 6.93. The normalized spacial score (nSPS) is 11.3. The number of alkyl halides is 1. The Morgan fingerprint density at radius 1 is 0.952 bits per heavy atom. The van der Waals surface area contributed by atoms with E-state index in [0.29, 0.717) is 18.0 Å². The standard InChI is InChI=1S/C15H16ClNO3S/c16-10-9-12-3-7-15(8-4-12)21(19,20)17-14-5-1-13(11-18)2-6-14/h1-8,17-18H,9-11H2. The summed E-state index contributed by atoms with van der Waals surface area (Å²) in [4.78, 5) is 0.201. The molecule has 0 radical (unpaired) electrons. The zero-order chi connectivity index (χ0) is 15.3. The third-order valence-electron chi connectivity index (χ3n) is 3.01. The Morgan fingerprint density at radius 2 is 1.52 bits per heavy atom. The number of benzene rings is 2. The minimum Gasteiger partial charge on any atom is -0.392 e. The van der Waals surface area contributed by atoms with Crippen molar-refractivity contribution in [1.82, 2.24) is 0 Å². The van der Waals surface area contributed by atoms with Crippen LogP contribution >= 0.6 is 11.6 Å². The van der Waals surface area contributed by atoms with Crippen LogP contribution in [0, 0.1) is 0 Å². The van der Waals surface area contributed by atoms with E-state index in [0.717, 1.165) is 11.1 Å². The van der Waals surface area contributed by atoms with Gasteiger partial charge in [-0.15, -0.1) is 11.6 Å². The first-order valence-corrected chi connectivity index (χ1v) is 8.44. The van der Waals surface area contributed by atoms with Gasteiger partial charge in [-0.3, -0.25) is 4.72 Å². The van der Waals surface area contributed by atoms with Crippen LogP contribution in [0.4, 0.5) is 5.69 Å². The minimum atomic E-state index is -3.61. The molecule has 0 aliphatic carbocycles. The molecule has 2 N–H and O–H groups in total. The van der Waals surface area contributed by atoms with Gasteiger partial charge in [-0.25, -0.2) is 8.42 Å². The van der Waals surface area contributed by atoms with Crippen molar-refractivity contribution in [2.75, 3.05) is 10.6 Å². The van der Waals surface area contributed by atoms with E-state index in [4.69, 9.17) is 16.7 Å². The number of anilines is 1. The lowest BCUT2D eigenvalue weighted by atomic mass is 10.2. The van der Waals surface area contributed by atoms with Gasteiger partial charge in [0.25, 0.3) is 10.0 Å². The Bertz CT molecular complexity index is 682. The molecule has 4 nitrogen and oxygen atoms in total. The zero-order valence-corrected chi connectivity index (χ0v) is 12.9. The Hall–Kier alpha value is -1.56. The van der Waals surface area contributed by atoms with Crippen LogP contribution in [-0.4, -0.2) is 19.4 Å². The lowest BCUT2D eigenvalue weighted by molar-refractivity contribution is 0.282. The summed E-state index contributed by atoms with van der Waals surface area (Å²) in [6.45, 7) is -0.0743. The summed E-state index contributed by atoms with van der Waals surface area (Å²) in [5.41, 5.74) is 2.18. The van der Waals surface area contributed by atoms with Crippen molar-refractivity contribution in [2.45, 2.75) is 17.9 Å². The number of rotatable bonds is 6. The van der Waals surface area contributed by atoms with Gasteiger partial charge in [-0.05, 0) is 41.8 Å². The van der Waals surface area contributed by atoms with Gasteiger partial charge in [0.15, 0.2) is 0 Å². The van der Waals surface area contributed by atoms with Crippen molar-refractivity contribution in [3.05, 3.63) is 59.7 Å². The number of hydrogen-bond acceptors (Lipinski definition) is 3.